The molecule has 5 nitrogen and oxygen atoms in total. The Balaban J connectivity index is 0.00000324. The predicted molar refractivity (Wildman–Crippen MR) is 76.7 cm³/mol. The molecule has 0 aromatic heterocycles. The molecule has 0 aliphatic carbocycles. The van der Waals surface area contributed by atoms with Gasteiger partial charge in [0.15, 0.2) is 0 Å². The smallest absolute Gasteiger partial charge is 0.407 e. The lowest BCUT2D eigenvalue weighted by Crippen LogP contribution is -2.46. The van der Waals surface area contributed by atoms with Gasteiger partial charge < -0.3 is 20.9 Å². The molecule has 1 aliphatic heterocycles. The molecular weight excluding hydrogens is 244 g/mol. The number of carboxylic acid groups (broad SMARTS) is 1. The van der Waals surface area contributed by atoms with Crippen LogP contribution in [0.3, 0.4) is 0 Å². The standard InChI is InChI=1S/C14H25NO3.H3N/c1-6-11(14(2,3)4)12-8-7-10(9-18-12)15(5)13(16)17;/h6,10-12H,1,7-9H2,2-5H3,(H,16,17);1H3/t10-,11?,12-;/m1./s1. The van der Waals surface area contributed by atoms with E-state index in [-0.39, 0.29) is 23.7 Å². The number of hydrogen-bond donors (Lipinski definition) is 2. The fraction of sp³-hybridized carbons (Fsp3) is 0.786. The number of nitrogens with zero attached hydrogens (tertiary/aromatic N) is 1. The monoisotopic (exact) mass is 272 g/mol. The molecule has 5 heteroatoms. The van der Waals surface area contributed by atoms with Crippen LogP contribution in [0, 0.1) is 11.3 Å². The van der Waals surface area contributed by atoms with E-state index < -0.39 is 6.09 Å². The van der Waals surface area contributed by atoms with E-state index in [0.29, 0.717) is 12.5 Å². The molecule has 0 aromatic rings. The molecule has 0 saturated carbocycles. The van der Waals surface area contributed by atoms with Gasteiger partial charge in [0.05, 0.1) is 18.8 Å². The number of amides is 1. The van der Waals surface area contributed by atoms with E-state index in [1.54, 1.807) is 7.05 Å². The minimum absolute atomic E-state index is 0. The quantitative estimate of drug-likeness (QED) is 0.773. The van der Waals surface area contributed by atoms with Crippen molar-refractivity contribution in [1.82, 2.24) is 11.1 Å². The van der Waals surface area contributed by atoms with Gasteiger partial charge in [-0.25, -0.2) is 4.79 Å². The molecule has 1 fully saturated rings. The van der Waals surface area contributed by atoms with Crippen molar-refractivity contribution in [1.29, 1.82) is 0 Å². The normalized spacial score (nSPS) is 25.1. The van der Waals surface area contributed by atoms with E-state index in [4.69, 9.17) is 9.84 Å². The van der Waals surface area contributed by atoms with Crippen molar-refractivity contribution >= 4 is 6.09 Å². The van der Waals surface area contributed by atoms with Crippen molar-refractivity contribution in [3.8, 4) is 0 Å². The largest absolute Gasteiger partial charge is 0.465 e. The Morgan fingerprint density at radius 3 is 2.37 bits per heavy atom. The molecule has 0 spiro atoms. The van der Waals surface area contributed by atoms with Gasteiger partial charge >= 0.3 is 6.09 Å². The van der Waals surface area contributed by atoms with Crippen LogP contribution in [-0.2, 0) is 4.74 Å². The SMILES string of the molecule is C=CC([C@H]1CC[C@@H](N(C)C(=O)O)CO1)C(C)(C)C.N. The summed E-state index contributed by atoms with van der Waals surface area (Å²) in [6, 6.07) is -0.0239. The van der Waals surface area contributed by atoms with E-state index in [9.17, 15) is 4.79 Å². The zero-order valence-corrected chi connectivity index (χ0v) is 12.6. The summed E-state index contributed by atoms with van der Waals surface area (Å²) in [7, 11) is 1.60. The number of carbonyl (C=O) groups is 1. The van der Waals surface area contributed by atoms with E-state index in [1.165, 1.54) is 4.90 Å². The summed E-state index contributed by atoms with van der Waals surface area (Å²) in [6.07, 6.45) is 2.97. The van der Waals surface area contributed by atoms with Crippen LogP contribution in [-0.4, -0.2) is 41.9 Å². The molecule has 1 unspecified atom stereocenters. The lowest BCUT2D eigenvalue weighted by molar-refractivity contribution is -0.0644. The molecule has 3 atom stereocenters. The van der Waals surface area contributed by atoms with Crippen molar-refractivity contribution in [3.05, 3.63) is 12.7 Å². The summed E-state index contributed by atoms with van der Waals surface area (Å²) >= 11 is 0. The summed E-state index contributed by atoms with van der Waals surface area (Å²) in [5.41, 5.74) is 0.123. The lowest BCUT2D eigenvalue weighted by Gasteiger charge is -2.40. The Morgan fingerprint density at radius 1 is 1.47 bits per heavy atom. The topological polar surface area (TPSA) is 84.8 Å². The minimum Gasteiger partial charge on any atom is -0.465 e. The number of ether oxygens (including phenoxy) is 1. The fourth-order valence-corrected chi connectivity index (χ4v) is 2.57. The summed E-state index contributed by atoms with van der Waals surface area (Å²) in [5.74, 6) is 0.300. The Labute approximate surface area is 116 Å². The summed E-state index contributed by atoms with van der Waals surface area (Å²) in [5, 5.41) is 8.94. The van der Waals surface area contributed by atoms with Crippen molar-refractivity contribution in [2.45, 2.75) is 45.8 Å². The molecular formula is C14H28N2O3. The van der Waals surface area contributed by atoms with Crippen molar-refractivity contribution in [3.63, 3.8) is 0 Å². The van der Waals surface area contributed by atoms with Crippen LogP contribution in [0.2, 0.25) is 0 Å². The molecule has 1 heterocycles. The molecule has 0 bridgehead atoms. The fourth-order valence-electron chi connectivity index (χ4n) is 2.57. The van der Waals surface area contributed by atoms with Gasteiger partial charge in [-0.3, -0.25) is 0 Å². The highest BCUT2D eigenvalue weighted by Gasteiger charge is 2.35. The zero-order chi connectivity index (χ0) is 13.9. The zero-order valence-electron chi connectivity index (χ0n) is 12.6. The minimum atomic E-state index is -0.891. The first kappa shape index (κ1) is 17.9. The van der Waals surface area contributed by atoms with Crippen LogP contribution in [0.15, 0.2) is 12.7 Å². The molecule has 1 aliphatic rings. The molecule has 1 amide bonds. The Bertz CT molecular complexity index is 304. The van der Waals surface area contributed by atoms with E-state index in [0.717, 1.165) is 12.8 Å². The third-order valence-electron chi connectivity index (χ3n) is 3.79. The summed E-state index contributed by atoms with van der Waals surface area (Å²) in [6.45, 7) is 10.9. The Kier molecular flexibility index (Phi) is 6.52. The highest BCUT2D eigenvalue weighted by molar-refractivity contribution is 5.64. The predicted octanol–water partition coefficient (Wildman–Crippen LogP) is 3.15. The second-order valence-corrected chi connectivity index (χ2v) is 6.12. The van der Waals surface area contributed by atoms with Crippen molar-refractivity contribution in [2.24, 2.45) is 11.3 Å². The van der Waals surface area contributed by atoms with E-state index in [2.05, 4.69) is 27.4 Å². The lowest BCUT2D eigenvalue weighted by atomic mass is 9.75. The van der Waals surface area contributed by atoms with Crippen molar-refractivity contribution in [2.75, 3.05) is 13.7 Å². The molecule has 1 rings (SSSR count). The first-order valence-electron chi connectivity index (χ1n) is 6.47. The molecule has 112 valence electrons. The van der Waals surface area contributed by atoms with Gasteiger partial charge in [0.2, 0.25) is 0 Å². The molecule has 1 saturated heterocycles. The van der Waals surface area contributed by atoms with E-state index in [1.807, 2.05) is 6.08 Å². The summed E-state index contributed by atoms with van der Waals surface area (Å²) in [4.78, 5) is 12.2. The first-order valence-corrected chi connectivity index (χ1v) is 6.47. The third kappa shape index (κ3) is 4.51. The Hall–Kier alpha value is -1.07. The average molecular weight is 272 g/mol. The van der Waals surface area contributed by atoms with Crippen LogP contribution >= 0.6 is 0 Å². The molecule has 0 aromatic carbocycles. The first-order chi connectivity index (χ1) is 8.27. The van der Waals surface area contributed by atoms with Gasteiger partial charge in [-0.05, 0) is 18.3 Å². The molecule has 4 N–H and O–H groups in total. The van der Waals surface area contributed by atoms with Crippen LogP contribution in [0.5, 0.6) is 0 Å². The maximum absolute atomic E-state index is 10.9. The van der Waals surface area contributed by atoms with Gasteiger partial charge in [0, 0.05) is 13.0 Å². The van der Waals surface area contributed by atoms with Crippen molar-refractivity contribution < 1.29 is 14.6 Å². The van der Waals surface area contributed by atoms with Crippen LogP contribution in [0.25, 0.3) is 0 Å². The van der Waals surface area contributed by atoms with Gasteiger partial charge in [-0.15, -0.1) is 6.58 Å². The molecule has 19 heavy (non-hydrogen) atoms. The van der Waals surface area contributed by atoms with Gasteiger partial charge in [0.1, 0.15) is 0 Å². The highest BCUT2D eigenvalue weighted by Crippen LogP contribution is 2.35. The number of hydrogen-bond acceptors (Lipinski definition) is 3. The highest BCUT2D eigenvalue weighted by atomic mass is 16.5. The maximum Gasteiger partial charge on any atom is 0.407 e. The maximum atomic E-state index is 10.9. The van der Waals surface area contributed by atoms with Crippen LogP contribution < -0.4 is 6.15 Å². The van der Waals surface area contributed by atoms with Gasteiger partial charge in [0.25, 0.3) is 0 Å². The average Bonchev–Trinajstić information content (AvgIpc) is 2.28. The van der Waals surface area contributed by atoms with Gasteiger partial charge in [-0.2, -0.15) is 0 Å². The number of likely N-dealkylation sites (N-methyl/N-ethyl adjacent to an activating group) is 1. The second-order valence-electron chi connectivity index (χ2n) is 6.12. The van der Waals surface area contributed by atoms with Crippen LogP contribution in [0.4, 0.5) is 4.79 Å². The second kappa shape index (κ2) is 6.91. The number of rotatable bonds is 3. The third-order valence-corrected chi connectivity index (χ3v) is 3.79. The van der Waals surface area contributed by atoms with E-state index >= 15 is 0 Å². The summed E-state index contributed by atoms with van der Waals surface area (Å²) < 4.78 is 5.87. The van der Waals surface area contributed by atoms with Gasteiger partial charge in [-0.1, -0.05) is 26.8 Å². The van der Waals surface area contributed by atoms with Crippen LogP contribution in [0.1, 0.15) is 33.6 Å². The molecule has 0 radical (unpaired) electrons. The Morgan fingerprint density at radius 2 is 2.05 bits per heavy atom.